The van der Waals surface area contributed by atoms with Gasteiger partial charge in [0.15, 0.2) is 6.10 Å². The molecule has 33 heavy (non-hydrogen) atoms. The fraction of sp³-hybridized carbons (Fsp3) is 0.286. The van der Waals surface area contributed by atoms with Crippen LogP contribution in [0.3, 0.4) is 0 Å². The zero-order chi connectivity index (χ0) is 23.5. The second-order valence-corrected chi connectivity index (χ2v) is 7.71. The molecule has 0 radical (unpaired) electrons. The molecule has 0 N–H and O–H groups in total. The van der Waals surface area contributed by atoms with E-state index in [-0.39, 0.29) is 24.8 Å². The number of rotatable bonds is 11. The smallest absolute Gasteiger partial charge is 0.307 e. The first kappa shape index (κ1) is 24.1. The van der Waals surface area contributed by atoms with Gasteiger partial charge in [-0.2, -0.15) is 0 Å². The second-order valence-electron chi connectivity index (χ2n) is 7.71. The van der Waals surface area contributed by atoms with Gasteiger partial charge in [-0.25, -0.2) is 0 Å². The largest absolute Gasteiger partial charge is 0.481 e. The third-order valence-electron chi connectivity index (χ3n) is 5.31. The van der Waals surface area contributed by atoms with Gasteiger partial charge in [-0.1, -0.05) is 79.7 Å². The van der Waals surface area contributed by atoms with Crippen LogP contribution in [0.5, 0.6) is 5.75 Å². The monoisotopic (exact) mass is 445 g/mol. The van der Waals surface area contributed by atoms with Gasteiger partial charge in [-0.05, 0) is 42.2 Å². The lowest BCUT2D eigenvalue weighted by Crippen LogP contribution is -2.42. The Morgan fingerprint density at radius 2 is 1.42 bits per heavy atom. The van der Waals surface area contributed by atoms with Gasteiger partial charge in [0.1, 0.15) is 5.75 Å². The number of hydrogen-bond acceptors (Lipinski definition) is 4. The summed E-state index contributed by atoms with van der Waals surface area (Å²) < 4.78 is 11.1. The van der Waals surface area contributed by atoms with Crippen LogP contribution in [0, 0.1) is 0 Å². The van der Waals surface area contributed by atoms with Crippen molar-refractivity contribution in [3.05, 3.63) is 90.5 Å². The predicted octanol–water partition coefficient (Wildman–Crippen LogP) is 5.49. The average molecular weight is 446 g/mol. The first-order chi connectivity index (χ1) is 16.1. The van der Waals surface area contributed by atoms with Crippen LogP contribution in [0.25, 0.3) is 11.1 Å². The number of ether oxygens (including phenoxy) is 2. The van der Waals surface area contributed by atoms with Crippen molar-refractivity contribution in [1.29, 1.82) is 0 Å². The van der Waals surface area contributed by atoms with Gasteiger partial charge in [0.05, 0.1) is 13.0 Å². The SMILES string of the molecule is CCOC(=O)CCN(Cc1ccccc1)C(=O)C(CC)Oc1ccc(-c2ccccc2)cc1. The molecule has 3 aromatic carbocycles. The maximum absolute atomic E-state index is 13.4. The summed E-state index contributed by atoms with van der Waals surface area (Å²) in [5.41, 5.74) is 3.21. The quantitative estimate of drug-likeness (QED) is 0.366. The Kier molecular flexibility index (Phi) is 9.07. The molecule has 0 aliphatic heterocycles. The van der Waals surface area contributed by atoms with E-state index in [9.17, 15) is 9.59 Å². The highest BCUT2D eigenvalue weighted by molar-refractivity contribution is 5.82. The van der Waals surface area contributed by atoms with E-state index in [1.165, 1.54) is 0 Å². The van der Waals surface area contributed by atoms with E-state index in [1.807, 2.05) is 79.7 Å². The molecule has 1 amide bonds. The zero-order valence-corrected chi connectivity index (χ0v) is 19.3. The van der Waals surface area contributed by atoms with E-state index in [0.29, 0.717) is 25.3 Å². The third kappa shape index (κ3) is 7.21. The summed E-state index contributed by atoms with van der Waals surface area (Å²) in [5.74, 6) is 0.187. The minimum Gasteiger partial charge on any atom is -0.481 e. The minimum absolute atomic E-state index is 0.141. The van der Waals surface area contributed by atoms with Crippen LogP contribution in [0.2, 0.25) is 0 Å². The Hall–Kier alpha value is -3.60. The number of nitrogens with zero attached hydrogens (tertiary/aromatic N) is 1. The summed E-state index contributed by atoms with van der Waals surface area (Å²) in [6, 6.07) is 27.6. The number of benzene rings is 3. The summed E-state index contributed by atoms with van der Waals surface area (Å²) in [4.78, 5) is 27.0. The molecule has 0 saturated heterocycles. The molecule has 5 nitrogen and oxygen atoms in total. The molecule has 5 heteroatoms. The molecule has 0 saturated carbocycles. The molecule has 0 fully saturated rings. The Balaban J connectivity index is 1.71. The standard InChI is InChI=1S/C28H31NO4/c1-3-26(33-25-17-15-24(16-18-25)23-13-9-6-10-14-23)28(31)29(20-19-27(30)32-4-2)21-22-11-7-5-8-12-22/h5-18,26H,3-4,19-21H2,1-2H3. The van der Waals surface area contributed by atoms with Gasteiger partial charge in [0.2, 0.25) is 0 Å². The van der Waals surface area contributed by atoms with Crippen molar-refractivity contribution in [2.24, 2.45) is 0 Å². The summed E-state index contributed by atoms with van der Waals surface area (Å²) in [6.45, 7) is 4.71. The Bertz CT molecular complexity index is 1000. The van der Waals surface area contributed by atoms with Gasteiger partial charge in [0.25, 0.3) is 5.91 Å². The summed E-state index contributed by atoms with van der Waals surface area (Å²) in [5, 5.41) is 0. The summed E-state index contributed by atoms with van der Waals surface area (Å²) in [6.07, 6.45) is 0.0250. The fourth-order valence-corrected chi connectivity index (χ4v) is 3.56. The van der Waals surface area contributed by atoms with Crippen LogP contribution in [-0.2, 0) is 20.9 Å². The topological polar surface area (TPSA) is 55.8 Å². The number of hydrogen-bond donors (Lipinski definition) is 0. The molecule has 0 heterocycles. The second kappa shape index (κ2) is 12.4. The maximum Gasteiger partial charge on any atom is 0.307 e. The highest BCUT2D eigenvalue weighted by atomic mass is 16.5. The van der Waals surface area contributed by atoms with Crippen LogP contribution in [0.4, 0.5) is 0 Å². The highest BCUT2D eigenvalue weighted by Crippen LogP contribution is 2.23. The number of amides is 1. The van der Waals surface area contributed by atoms with Crippen LogP contribution in [0.1, 0.15) is 32.3 Å². The van der Waals surface area contributed by atoms with Gasteiger partial charge in [-0.15, -0.1) is 0 Å². The molecule has 0 spiro atoms. The van der Waals surface area contributed by atoms with Crippen molar-refractivity contribution in [3.63, 3.8) is 0 Å². The van der Waals surface area contributed by atoms with Crippen molar-refractivity contribution >= 4 is 11.9 Å². The highest BCUT2D eigenvalue weighted by Gasteiger charge is 2.25. The van der Waals surface area contributed by atoms with Crippen LogP contribution in [0.15, 0.2) is 84.9 Å². The molecular formula is C28H31NO4. The van der Waals surface area contributed by atoms with Crippen molar-refractivity contribution < 1.29 is 19.1 Å². The first-order valence-corrected chi connectivity index (χ1v) is 11.4. The predicted molar refractivity (Wildman–Crippen MR) is 130 cm³/mol. The van der Waals surface area contributed by atoms with Crippen molar-refractivity contribution in [1.82, 2.24) is 4.90 Å². The average Bonchev–Trinajstić information content (AvgIpc) is 2.86. The van der Waals surface area contributed by atoms with E-state index in [4.69, 9.17) is 9.47 Å². The lowest BCUT2D eigenvalue weighted by Gasteiger charge is -2.27. The van der Waals surface area contributed by atoms with Gasteiger partial charge < -0.3 is 14.4 Å². The number of carbonyl (C=O) groups excluding carboxylic acids is 2. The molecule has 172 valence electrons. The van der Waals surface area contributed by atoms with Crippen LogP contribution in [-0.4, -0.2) is 36.0 Å². The lowest BCUT2D eigenvalue weighted by molar-refractivity contribution is -0.145. The molecule has 1 unspecified atom stereocenters. The Morgan fingerprint density at radius 3 is 2.03 bits per heavy atom. The lowest BCUT2D eigenvalue weighted by atomic mass is 10.1. The van der Waals surface area contributed by atoms with Gasteiger partial charge >= 0.3 is 5.97 Å². The van der Waals surface area contributed by atoms with Gasteiger partial charge in [0, 0.05) is 13.1 Å². The summed E-state index contributed by atoms with van der Waals surface area (Å²) in [7, 11) is 0. The third-order valence-corrected chi connectivity index (χ3v) is 5.31. The molecule has 0 aliphatic carbocycles. The first-order valence-electron chi connectivity index (χ1n) is 11.4. The van der Waals surface area contributed by atoms with E-state index in [2.05, 4.69) is 12.1 Å². The molecule has 0 aromatic heterocycles. The Morgan fingerprint density at radius 1 is 0.818 bits per heavy atom. The molecule has 0 aliphatic rings. The normalized spacial score (nSPS) is 11.5. The molecule has 3 rings (SSSR count). The van der Waals surface area contributed by atoms with Crippen LogP contribution >= 0.6 is 0 Å². The number of carbonyl (C=O) groups is 2. The molecular weight excluding hydrogens is 414 g/mol. The van der Waals surface area contributed by atoms with Crippen molar-refractivity contribution in [2.75, 3.05) is 13.2 Å². The minimum atomic E-state index is -0.640. The van der Waals surface area contributed by atoms with Crippen molar-refractivity contribution in [2.45, 2.75) is 39.3 Å². The van der Waals surface area contributed by atoms with E-state index in [1.54, 1.807) is 11.8 Å². The maximum atomic E-state index is 13.4. The fourth-order valence-electron chi connectivity index (χ4n) is 3.56. The molecule has 1 atom stereocenters. The summed E-state index contributed by atoms with van der Waals surface area (Å²) >= 11 is 0. The number of esters is 1. The van der Waals surface area contributed by atoms with E-state index in [0.717, 1.165) is 16.7 Å². The Labute approximate surface area is 196 Å². The molecule has 3 aromatic rings. The zero-order valence-electron chi connectivity index (χ0n) is 19.3. The van der Waals surface area contributed by atoms with E-state index >= 15 is 0 Å². The van der Waals surface area contributed by atoms with E-state index < -0.39 is 6.10 Å². The van der Waals surface area contributed by atoms with Gasteiger partial charge in [-0.3, -0.25) is 9.59 Å². The van der Waals surface area contributed by atoms with Crippen molar-refractivity contribution in [3.8, 4) is 16.9 Å². The van der Waals surface area contributed by atoms with Crippen LogP contribution < -0.4 is 4.74 Å². The molecule has 0 bridgehead atoms.